The summed E-state index contributed by atoms with van der Waals surface area (Å²) < 4.78 is 61.3. The molecule has 2 heterocycles. The van der Waals surface area contributed by atoms with Gasteiger partial charge in [-0.2, -0.15) is 8.42 Å². The molecule has 0 saturated carbocycles. The van der Waals surface area contributed by atoms with Crippen LogP contribution in [0.25, 0.3) is 0 Å². The molecule has 39 heavy (non-hydrogen) atoms. The summed E-state index contributed by atoms with van der Waals surface area (Å²) in [6.45, 7) is 10.6. The molecule has 0 aliphatic carbocycles. The number of benzene rings is 2. The van der Waals surface area contributed by atoms with Gasteiger partial charge in [0, 0.05) is 13.5 Å². The monoisotopic (exact) mass is 578 g/mol. The van der Waals surface area contributed by atoms with Crippen LogP contribution in [0, 0.1) is 0 Å². The van der Waals surface area contributed by atoms with Gasteiger partial charge >= 0.3 is 0 Å². The molecule has 0 N–H and O–H groups in total. The number of hydrogen-bond donors (Lipinski definition) is 0. The molecule has 5 atom stereocenters. The molecule has 2 aliphatic rings. The van der Waals surface area contributed by atoms with Crippen LogP contribution >= 0.6 is 0 Å². The van der Waals surface area contributed by atoms with Gasteiger partial charge in [-0.05, 0) is 35.7 Å². The molecule has 0 aromatic heterocycles. The minimum absolute atomic E-state index is 0.218. The Morgan fingerprint density at radius 3 is 1.97 bits per heavy atom. The maximum Gasteiger partial charge on any atom is 0.264 e. The maximum absolute atomic E-state index is 12.1. The van der Waals surface area contributed by atoms with Crippen molar-refractivity contribution in [3.63, 3.8) is 0 Å². The molecular weight excluding hydrogens is 536 g/mol. The van der Waals surface area contributed by atoms with E-state index in [-0.39, 0.29) is 11.6 Å². The highest BCUT2D eigenvalue weighted by Crippen LogP contribution is 2.40. The lowest BCUT2D eigenvalue weighted by Gasteiger charge is -2.44. The van der Waals surface area contributed by atoms with Gasteiger partial charge in [-0.15, -0.1) is 0 Å². The van der Waals surface area contributed by atoms with Crippen LogP contribution in [-0.4, -0.2) is 73.2 Å². The molecule has 2 aliphatic heterocycles. The van der Waals surface area contributed by atoms with E-state index in [2.05, 4.69) is 45.0 Å². The topological polar surface area (TPSA) is 89.5 Å². The highest BCUT2D eigenvalue weighted by Gasteiger charge is 2.54. The van der Waals surface area contributed by atoms with Crippen LogP contribution in [0.2, 0.25) is 5.04 Å². The fraction of sp³-hybridized carbons (Fsp3) is 0.586. The first-order valence-electron chi connectivity index (χ1n) is 13.4. The minimum atomic E-state index is -3.73. The van der Waals surface area contributed by atoms with Gasteiger partial charge in [0.25, 0.3) is 18.4 Å². The van der Waals surface area contributed by atoms with Crippen molar-refractivity contribution in [1.82, 2.24) is 0 Å². The molecule has 216 valence electrons. The molecular formula is C29H42O8SSi. The van der Waals surface area contributed by atoms with Crippen LogP contribution in [0.1, 0.15) is 47.5 Å². The molecule has 2 aromatic rings. The fourth-order valence-electron chi connectivity index (χ4n) is 5.82. The Morgan fingerprint density at radius 2 is 1.49 bits per heavy atom. The van der Waals surface area contributed by atoms with Gasteiger partial charge in [0.1, 0.15) is 24.4 Å². The van der Waals surface area contributed by atoms with E-state index in [1.807, 2.05) is 50.2 Å². The third kappa shape index (κ3) is 6.82. The normalized spacial score (nSPS) is 27.9. The van der Waals surface area contributed by atoms with Crippen molar-refractivity contribution in [3.05, 3.63) is 60.7 Å². The zero-order valence-corrected chi connectivity index (χ0v) is 25.8. The summed E-state index contributed by atoms with van der Waals surface area (Å²) >= 11 is 0. The SMILES string of the molecule is CO[C@H]1CC[C@H](OS(C)(=O)=O)[C@H]([C@@H]2OC(C)(C)O[C@H]2CO[Si](c2ccccc2)(c2ccccc2)C(C)(C)C)O1. The fourth-order valence-corrected chi connectivity index (χ4v) is 11.0. The molecule has 0 amide bonds. The number of methoxy groups -OCH3 is 1. The van der Waals surface area contributed by atoms with E-state index in [0.29, 0.717) is 12.8 Å². The van der Waals surface area contributed by atoms with Gasteiger partial charge in [0.05, 0.1) is 12.9 Å². The van der Waals surface area contributed by atoms with Gasteiger partial charge in [-0.1, -0.05) is 81.4 Å². The molecule has 8 nitrogen and oxygen atoms in total. The Hall–Kier alpha value is -1.63. The largest absolute Gasteiger partial charge is 0.405 e. The molecule has 2 fully saturated rings. The molecule has 0 spiro atoms. The second-order valence-corrected chi connectivity index (χ2v) is 17.7. The Bertz CT molecular complexity index is 1140. The van der Waals surface area contributed by atoms with E-state index in [1.54, 1.807) is 7.11 Å². The molecule has 0 bridgehead atoms. The molecule has 4 rings (SSSR count). The summed E-state index contributed by atoms with van der Waals surface area (Å²) in [6, 6.07) is 20.8. The van der Waals surface area contributed by atoms with Crippen molar-refractivity contribution < 1.29 is 36.0 Å². The maximum atomic E-state index is 12.1. The Morgan fingerprint density at radius 1 is 0.923 bits per heavy atom. The average molecular weight is 579 g/mol. The second-order valence-electron chi connectivity index (χ2n) is 11.8. The Kier molecular flexibility index (Phi) is 9.09. The zero-order valence-electron chi connectivity index (χ0n) is 24.0. The standard InChI is InChI=1S/C29H42O8SSi/c1-28(2,3)39(21-14-10-8-11-15-21,22-16-12-9-13-17-22)33-20-24-27(36-29(4,5)35-24)26-23(37-38(7,30)31)18-19-25(32-6)34-26/h8-17,23-27H,18-20H2,1-7H3/t23-,24-,25+,26+,27+/m0/s1. The van der Waals surface area contributed by atoms with E-state index < -0.39 is 54.9 Å². The molecule has 10 heteroatoms. The third-order valence-corrected chi connectivity index (χ3v) is 13.0. The zero-order chi connectivity index (χ0) is 28.5. The van der Waals surface area contributed by atoms with E-state index in [1.165, 1.54) is 0 Å². The number of hydrogen-bond acceptors (Lipinski definition) is 8. The molecule has 0 radical (unpaired) electrons. The Balaban J connectivity index is 1.71. The lowest BCUT2D eigenvalue weighted by atomic mass is 9.97. The number of ether oxygens (including phenoxy) is 4. The van der Waals surface area contributed by atoms with Crippen LogP contribution in [0.4, 0.5) is 0 Å². The van der Waals surface area contributed by atoms with Crippen molar-refractivity contribution in [3.8, 4) is 0 Å². The van der Waals surface area contributed by atoms with E-state index in [0.717, 1.165) is 16.6 Å². The quantitative estimate of drug-likeness (QED) is 0.330. The summed E-state index contributed by atoms with van der Waals surface area (Å²) in [5.41, 5.74) is 0. The summed E-state index contributed by atoms with van der Waals surface area (Å²) in [7, 11) is -5.00. The highest BCUT2D eigenvalue weighted by atomic mass is 32.2. The van der Waals surface area contributed by atoms with Gasteiger partial charge < -0.3 is 23.4 Å². The third-order valence-electron chi connectivity index (χ3n) is 7.35. The van der Waals surface area contributed by atoms with Gasteiger partial charge in [-0.3, -0.25) is 4.18 Å². The van der Waals surface area contributed by atoms with E-state index >= 15 is 0 Å². The van der Waals surface area contributed by atoms with Crippen LogP contribution in [0.5, 0.6) is 0 Å². The van der Waals surface area contributed by atoms with E-state index in [9.17, 15) is 8.42 Å². The van der Waals surface area contributed by atoms with Crippen molar-refractivity contribution in [2.24, 2.45) is 0 Å². The Labute approximate surface area is 234 Å². The van der Waals surface area contributed by atoms with Crippen molar-refractivity contribution >= 4 is 28.8 Å². The minimum Gasteiger partial charge on any atom is -0.405 e. The van der Waals surface area contributed by atoms with Gasteiger partial charge in [0.2, 0.25) is 0 Å². The van der Waals surface area contributed by atoms with Crippen molar-refractivity contribution in [2.45, 2.75) is 89.0 Å². The first-order valence-corrected chi connectivity index (χ1v) is 17.2. The first-order chi connectivity index (χ1) is 18.3. The highest BCUT2D eigenvalue weighted by molar-refractivity contribution is 7.86. The first kappa shape index (κ1) is 30.3. The van der Waals surface area contributed by atoms with Crippen LogP contribution in [-0.2, 0) is 37.7 Å². The summed E-state index contributed by atoms with van der Waals surface area (Å²) in [4.78, 5) is 0. The average Bonchev–Trinajstić information content (AvgIpc) is 3.18. The van der Waals surface area contributed by atoms with Crippen LogP contribution in [0.15, 0.2) is 60.7 Å². The lowest BCUT2D eigenvalue weighted by molar-refractivity contribution is -0.241. The summed E-state index contributed by atoms with van der Waals surface area (Å²) in [5.74, 6) is -0.927. The lowest BCUT2D eigenvalue weighted by Crippen LogP contribution is -2.67. The van der Waals surface area contributed by atoms with Crippen LogP contribution in [0.3, 0.4) is 0 Å². The van der Waals surface area contributed by atoms with E-state index in [4.69, 9.17) is 27.6 Å². The predicted molar refractivity (Wildman–Crippen MR) is 152 cm³/mol. The predicted octanol–water partition coefficient (Wildman–Crippen LogP) is 3.58. The van der Waals surface area contributed by atoms with Crippen LogP contribution < -0.4 is 10.4 Å². The van der Waals surface area contributed by atoms with Gasteiger partial charge in [0.15, 0.2) is 12.1 Å². The molecule has 0 unspecified atom stereocenters. The van der Waals surface area contributed by atoms with Gasteiger partial charge in [-0.25, -0.2) is 0 Å². The molecule has 2 aromatic carbocycles. The molecule has 2 saturated heterocycles. The van der Waals surface area contributed by atoms with Crippen molar-refractivity contribution in [1.29, 1.82) is 0 Å². The smallest absolute Gasteiger partial charge is 0.264 e. The summed E-state index contributed by atoms with van der Waals surface area (Å²) in [6.07, 6.45) is -1.13. The number of rotatable bonds is 9. The van der Waals surface area contributed by atoms with Crippen molar-refractivity contribution in [2.75, 3.05) is 20.0 Å². The second kappa shape index (κ2) is 11.7. The summed E-state index contributed by atoms with van der Waals surface area (Å²) in [5, 5.41) is 2.10.